The molecule has 0 saturated carbocycles. The molecule has 0 saturated heterocycles. The van der Waals surface area contributed by atoms with Crippen molar-refractivity contribution in [2.24, 2.45) is 16.0 Å². The van der Waals surface area contributed by atoms with Crippen LogP contribution in [0, 0.1) is 17.1 Å². The van der Waals surface area contributed by atoms with Crippen molar-refractivity contribution in [3.63, 3.8) is 0 Å². The quantitative estimate of drug-likeness (QED) is 0.568. The third-order valence-corrected chi connectivity index (χ3v) is 6.56. The molecule has 0 fully saturated rings. The van der Waals surface area contributed by atoms with Gasteiger partial charge in [0.25, 0.3) is 5.91 Å². The zero-order chi connectivity index (χ0) is 22.4. The van der Waals surface area contributed by atoms with Crippen LogP contribution in [0.3, 0.4) is 0 Å². The smallest absolute Gasteiger partial charge is 0.283 e. The Balaban J connectivity index is 1.55. The van der Waals surface area contributed by atoms with Crippen molar-refractivity contribution in [1.82, 2.24) is 9.58 Å². The van der Waals surface area contributed by atoms with Crippen molar-refractivity contribution in [3.05, 3.63) is 77.2 Å². The molecule has 0 bridgehead atoms. The first-order valence-corrected chi connectivity index (χ1v) is 11.0. The Bertz CT molecular complexity index is 1350. The average molecular weight is 446 g/mol. The number of rotatable bonds is 4. The molecule has 1 N–H and O–H groups in total. The Morgan fingerprint density at radius 2 is 1.91 bits per heavy atom. The number of hydrogen-bond acceptors (Lipinski definition) is 4. The van der Waals surface area contributed by atoms with Gasteiger partial charge in [0.2, 0.25) is 5.17 Å². The molecule has 0 aliphatic carbocycles. The van der Waals surface area contributed by atoms with Crippen LogP contribution in [0.2, 0.25) is 0 Å². The van der Waals surface area contributed by atoms with E-state index < -0.39 is 5.91 Å². The molecule has 0 atom stereocenters. The zero-order valence-electron chi connectivity index (χ0n) is 17.5. The number of para-hydroxylation sites is 1. The number of hydrogen-bond donors (Lipinski definition) is 1. The second-order valence-electron chi connectivity index (χ2n) is 7.97. The Labute approximate surface area is 188 Å². The van der Waals surface area contributed by atoms with E-state index in [9.17, 15) is 9.18 Å². The van der Waals surface area contributed by atoms with E-state index in [0.717, 1.165) is 27.1 Å². The third-order valence-electron chi connectivity index (χ3n) is 5.35. The number of nitrogens with zero attached hydrogens (tertiary/aromatic N) is 4. The number of amidine groups is 2. The molecule has 32 heavy (non-hydrogen) atoms. The van der Waals surface area contributed by atoms with Crippen LogP contribution in [0.4, 0.5) is 4.39 Å². The maximum atomic E-state index is 13.3. The first kappa shape index (κ1) is 20.4. The number of aromatic nitrogens is 1. The molecule has 0 unspecified atom stereocenters. The molecule has 0 spiro atoms. The average Bonchev–Trinajstić information content (AvgIpc) is 3.35. The molecule has 160 valence electrons. The highest BCUT2D eigenvalue weighted by Crippen LogP contribution is 2.32. The number of benzene rings is 2. The maximum Gasteiger partial charge on any atom is 0.283 e. The van der Waals surface area contributed by atoms with Gasteiger partial charge in [-0.1, -0.05) is 44.2 Å². The van der Waals surface area contributed by atoms with Crippen LogP contribution in [-0.4, -0.2) is 31.5 Å². The first-order valence-electron chi connectivity index (χ1n) is 10.2. The maximum absolute atomic E-state index is 13.3. The Hall–Kier alpha value is -3.52. The minimum absolute atomic E-state index is 0.0264. The monoisotopic (exact) mass is 445 g/mol. The van der Waals surface area contributed by atoms with Gasteiger partial charge >= 0.3 is 0 Å². The van der Waals surface area contributed by atoms with Crippen molar-refractivity contribution in [1.29, 1.82) is 5.41 Å². The highest BCUT2D eigenvalue weighted by Gasteiger charge is 2.36. The number of nitrogens with one attached hydrogen (secondary N) is 1. The van der Waals surface area contributed by atoms with Crippen molar-refractivity contribution < 1.29 is 9.18 Å². The first-order chi connectivity index (χ1) is 15.4. The molecule has 1 aromatic heterocycles. The summed E-state index contributed by atoms with van der Waals surface area (Å²) in [6.45, 7) is 4.59. The van der Waals surface area contributed by atoms with Crippen LogP contribution in [0.5, 0.6) is 0 Å². The second-order valence-corrected chi connectivity index (χ2v) is 8.96. The normalized spacial score (nSPS) is 17.4. The van der Waals surface area contributed by atoms with Gasteiger partial charge in [0, 0.05) is 35.1 Å². The lowest BCUT2D eigenvalue weighted by molar-refractivity contribution is -0.114. The lowest BCUT2D eigenvalue weighted by Crippen LogP contribution is -2.35. The Morgan fingerprint density at radius 1 is 1.16 bits per heavy atom. The van der Waals surface area contributed by atoms with Crippen molar-refractivity contribution in [2.75, 3.05) is 0 Å². The van der Waals surface area contributed by atoms with Gasteiger partial charge in [-0.15, -0.1) is 0 Å². The lowest BCUT2D eigenvalue weighted by atomic mass is 10.1. The number of aliphatic imine (C=N–C) groups is 1. The van der Waals surface area contributed by atoms with Crippen LogP contribution in [0.25, 0.3) is 17.0 Å². The molecule has 0 radical (unpaired) electrons. The number of hydrazone groups is 1. The van der Waals surface area contributed by atoms with Crippen LogP contribution >= 0.6 is 11.8 Å². The van der Waals surface area contributed by atoms with Gasteiger partial charge in [0.1, 0.15) is 10.9 Å². The number of carbonyl (C=O) groups is 1. The van der Waals surface area contributed by atoms with Crippen molar-refractivity contribution in [3.8, 4) is 0 Å². The van der Waals surface area contributed by atoms with E-state index in [2.05, 4.69) is 14.7 Å². The molecule has 5 rings (SSSR count). The number of carbonyl (C=O) groups excluding carboxylic acids is 1. The minimum atomic E-state index is -0.440. The van der Waals surface area contributed by atoms with E-state index in [-0.39, 0.29) is 23.1 Å². The topological polar surface area (TPSA) is 73.8 Å². The number of amides is 1. The van der Waals surface area contributed by atoms with Gasteiger partial charge in [0.15, 0.2) is 5.84 Å². The van der Waals surface area contributed by atoms with Crippen LogP contribution in [-0.2, 0) is 11.3 Å². The van der Waals surface area contributed by atoms with E-state index in [0.29, 0.717) is 11.7 Å². The van der Waals surface area contributed by atoms with Gasteiger partial charge in [-0.25, -0.2) is 4.39 Å². The number of thioether (sulfide) groups is 1. The van der Waals surface area contributed by atoms with Crippen molar-refractivity contribution in [2.45, 2.75) is 20.4 Å². The Morgan fingerprint density at radius 3 is 2.66 bits per heavy atom. The second kappa shape index (κ2) is 7.87. The molecular weight excluding hydrogens is 425 g/mol. The predicted octanol–water partition coefficient (Wildman–Crippen LogP) is 5.10. The SMILES string of the molecule is CC(C)C1=NN2C(=N)/C(=C/c3cn(Cc4ccc(F)cc4)c4ccccc34)C(=O)N=C2S1. The fourth-order valence-electron chi connectivity index (χ4n) is 3.70. The van der Waals surface area contributed by atoms with Crippen molar-refractivity contribution >= 4 is 50.7 Å². The number of halogens is 1. The summed E-state index contributed by atoms with van der Waals surface area (Å²) in [6.07, 6.45) is 3.66. The van der Waals surface area contributed by atoms with E-state index >= 15 is 0 Å². The van der Waals surface area contributed by atoms with E-state index in [1.54, 1.807) is 18.2 Å². The Kier molecular flexibility index (Phi) is 5.01. The van der Waals surface area contributed by atoms with Gasteiger partial charge in [-0.05, 0) is 41.6 Å². The van der Waals surface area contributed by atoms with E-state index in [1.165, 1.54) is 28.9 Å². The summed E-state index contributed by atoms with van der Waals surface area (Å²) < 4.78 is 15.3. The number of fused-ring (bicyclic) bond motifs is 2. The summed E-state index contributed by atoms with van der Waals surface area (Å²) in [4.78, 5) is 16.9. The van der Waals surface area contributed by atoms with Crippen LogP contribution < -0.4 is 0 Å². The zero-order valence-corrected chi connectivity index (χ0v) is 18.4. The molecule has 6 nitrogen and oxygen atoms in total. The molecule has 3 heterocycles. The van der Waals surface area contributed by atoms with Gasteiger partial charge in [0.05, 0.1) is 5.57 Å². The fraction of sp³-hybridized carbons (Fsp3) is 0.167. The standard InChI is InChI=1S/C24H20FN5OS/c1-14(2)23-28-30-21(26)19(22(31)27-24(30)32-23)11-16-13-29(20-6-4-3-5-18(16)20)12-15-7-9-17(25)10-8-15/h3-11,13-14,26H,12H2,1-2H3/b19-11-,26-21?. The van der Waals surface area contributed by atoms with Gasteiger partial charge < -0.3 is 4.57 Å². The van der Waals surface area contributed by atoms with E-state index in [4.69, 9.17) is 5.41 Å². The van der Waals surface area contributed by atoms with E-state index in [1.807, 2.05) is 44.3 Å². The van der Waals surface area contributed by atoms with Gasteiger partial charge in [-0.2, -0.15) is 15.1 Å². The summed E-state index contributed by atoms with van der Waals surface area (Å²) in [5.74, 6) is -0.495. The highest BCUT2D eigenvalue weighted by atomic mass is 32.2. The van der Waals surface area contributed by atoms with Gasteiger partial charge in [-0.3, -0.25) is 10.2 Å². The summed E-state index contributed by atoms with van der Waals surface area (Å²) in [5.41, 5.74) is 2.97. The highest BCUT2D eigenvalue weighted by molar-refractivity contribution is 8.27. The molecule has 1 amide bonds. The lowest BCUT2D eigenvalue weighted by Gasteiger charge is -2.20. The summed E-state index contributed by atoms with van der Waals surface area (Å²) in [7, 11) is 0. The minimum Gasteiger partial charge on any atom is -0.342 e. The van der Waals surface area contributed by atoms with Crippen LogP contribution in [0.1, 0.15) is 25.0 Å². The fourth-order valence-corrected chi connectivity index (χ4v) is 4.60. The summed E-state index contributed by atoms with van der Waals surface area (Å²) in [5, 5.41) is 16.7. The predicted molar refractivity (Wildman–Crippen MR) is 127 cm³/mol. The third kappa shape index (κ3) is 3.56. The molecule has 2 aromatic carbocycles. The molecule has 2 aliphatic rings. The largest absolute Gasteiger partial charge is 0.342 e. The summed E-state index contributed by atoms with van der Waals surface area (Å²) in [6, 6.07) is 14.3. The van der Waals surface area contributed by atoms with Crippen LogP contribution in [0.15, 0.2) is 70.4 Å². The molecule has 2 aliphatic heterocycles. The molecular formula is C24H20FN5OS. The molecule has 8 heteroatoms. The molecule has 3 aromatic rings. The summed E-state index contributed by atoms with van der Waals surface area (Å²) >= 11 is 1.33.